The average Bonchev–Trinajstić information content (AvgIpc) is 2.59. The highest BCUT2D eigenvalue weighted by Gasteiger charge is 2.43. The van der Waals surface area contributed by atoms with Crippen LogP contribution in [0.15, 0.2) is 0 Å². The predicted octanol–water partition coefficient (Wildman–Crippen LogP) is -0.488. The van der Waals surface area contributed by atoms with Crippen LogP contribution in [0.2, 0.25) is 0 Å². The summed E-state index contributed by atoms with van der Waals surface area (Å²) in [6, 6.07) is -0.413. The van der Waals surface area contributed by atoms with Crippen LogP contribution in [0.25, 0.3) is 0 Å². The first-order valence-corrected chi connectivity index (χ1v) is 5.21. The number of amides is 2. The summed E-state index contributed by atoms with van der Waals surface area (Å²) in [6.45, 7) is 5.03. The Balaban J connectivity index is 2.19. The highest BCUT2D eigenvalue weighted by atomic mass is 16.5. The molecule has 0 saturated carbocycles. The first-order valence-electron chi connectivity index (χ1n) is 5.21. The molecule has 0 aromatic rings. The van der Waals surface area contributed by atoms with Crippen LogP contribution in [0.1, 0.15) is 20.3 Å². The van der Waals surface area contributed by atoms with Crippen molar-refractivity contribution in [3.8, 4) is 0 Å². The number of nitrogens with zero attached hydrogens (tertiary/aromatic N) is 1. The summed E-state index contributed by atoms with van der Waals surface area (Å²) >= 11 is 0. The van der Waals surface area contributed by atoms with Crippen molar-refractivity contribution in [1.82, 2.24) is 10.2 Å². The quantitative estimate of drug-likeness (QED) is 0.638. The number of carbonyl (C=O) groups excluding carboxylic acids is 2. The van der Waals surface area contributed by atoms with Crippen molar-refractivity contribution in [2.24, 2.45) is 0 Å². The number of hydrogen-bond acceptors (Lipinski definition) is 3. The monoisotopic (exact) mass is 212 g/mol. The lowest BCUT2D eigenvalue weighted by atomic mass is 9.96. The standard InChI is InChI=1S/C10H16N2O3/c1-7-9(14)12(5-8(13)11-7)10(2)3-4-15-6-10/h7H,3-6H2,1-2H3,(H,11,13). The van der Waals surface area contributed by atoms with E-state index in [2.05, 4.69) is 5.32 Å². The van der Waals surface area contributed by atoms with Crippen LogP contribution in [0, 0.1) is 0 Å². The van der Waals surface area contributed by atoms with Crippen molar-refractivity contribution in [2.45, 2.75) is 31.8 Å². The fourth-order valence-corrected chi connectivity index (χ4v) is 2.13. The van der Waals surface area contributed by atoms with E-state index in [4.69, 9.17) is 4.74 Å². The Morgan fingerprint density at radius 2 is 2.27 bits per heavy atom. The molecule has 0 aromatic carbocycles. The lowest BCUT2D eigenvalue weighted by molar-refractivity contribution is -0.149. The molecule has 2 aliphatic heterocycles. The van der Waals surface area contributed by atoms with Crippen molar-refractivity contribution >= 4 is 11.8 Å². The smallest absolute Gasteiger partial charge is 0.245 e. The molecule has 84 valence electrons. The van der Waals surface area contributed by atoms with Gasteiger partial charge in [0.25, 0.3) is 0 Å². The van der Waals surface area contributed by atoms with E-state index in [1.54, 1.807) is 11.8 Å². The Hall–Kier alpha value is -1.10. The predicted molar refractivity (Wildman–Crippen MR) is 53.2 cm³/mol. The minimum atomic E-state index is -0.413. The van der Waals surface area contributed by atoms with Crippen LogP contribution in [0.4, 0.5) is 0 Å². The van der Waals surface area contributed by atoms with Gasteiger partial charge in [0.2, 0.25) is 11.8 Å². The molecule has 0 radical (unpaired) electrons. The summed E-state index contributed by atoms with van der Waals surface area (Å²) in [4.78, 5) is 25.0. The second-order valence-electron chi connectivity index (χ2n) is 4.51. The van der Waals surface area contributed by atoms with Crippen LogP contribution < -0.4 is 5.32 Å². The van der Waals surface area contributed by atoms with E-state index in [9.17, 15) is 9.59 Å². The molecule has 1 N–H and O–H groups in total. The normalized spacial score (nSPS) is 36.9. The Labute approximate surface area is 88.8 Å². The SMILES string of the molecule is CC1NC(=O)CN(C2(C)CCOC2)C1=O. The molecule has 0 aromatic heterocycles. The van der Waals surface area contributed by atoms with E-state index in [-0.39, 0.29) is 23.9 Å². The molecular weight excluding hydrogens is 196 g/mol. The molecule has 2 atom stereocenters. The van der Waals surface area contributed by atoms with Gasteiger partial charge in [0.15, 0.2) is 0 Å². The zero-order chi connectivity index (χ0) is 11.1. The van der Waals surface area contributed by atoms with Crippen LogP contribution in [0.3, 0.4) is 0 Å². The van der Waals surface area contributed by atoms with Gasteiger partial charge in [-0.3, -0.25) is 9.59 Å². The number of piperazine rings is 1. The van der Waals surface area contributed by atoms with E-state index in [1.807, 2.05) is 6.92 Å². The Bertz CT molecular complexity index is 297. The molecule has 5 heteroatoms. The van der Waals surface area contributed by atoms with Crippen molar-refractivity contribution in [3.63, 3.8) is 0 Å². The van der Waals surface area contributed by atoms with Crippen LogP contribution >= 0.6 is 0 Å². The summed E-state index contributed by atoms with van der Waals surface area (Å²) in [5.74, 6) is -0.0992. The van der Waals surface area contributed by atoms with Crippen molar-refractivity contribution in [1.29, 1.82) is 0 Å². The highest BCUT2D eigenvalue weighted by molar-refractivity contribution is 5.95. The molecule has 0 spiro atoms. The van der Waals surface area contributed by atoms with Crippen molar-refractivity contribution in [2.75, 3.05) is 19.8 Å². The Kier molecular flexibility index (Phi) is 2.42. The summed E-state index contributed by atoms with van der Waals surface area (Å²) in [5.41, 5.74) is -0.302. The fraction of sp³-hybridized carbons (Fsp3) is 0.800. The van der Waals surface area contributed by atoms with Crippen LogP contribution in [-0.2, 0) is 14.3 Å². The van der Waals surface area contributed by atoms with Crippen molar-refractivity contribution in [3.05, 3.63) is 0 Å². The molecule has 2 aliphatic rings. The first kappa shape index (κ1) is 10.4. The molecule has 0 aliphatic carbocycles. The maximum atomic E-state index is 11.9. The second-order valence-corrected chi connectivity index (χ2v) is 4.51. The first-order chi connectivity index (χ1) is 7.03. The van der Waals surface area contributed by atoms with E-state index < -0.39 is 6.04 Å². The molecule has 5 nitrogen and oxygen atoms in total. The maximum absolute atomic E-state index is 11.9. The highest BCUT2D eigenvalue weighted by Crippen LogP contribution is 2.27. The van der Waals surface area contributed by atoms with Gasteiger partial charge in [0.1, 0.15) is 12.6 Å². The van der Waals surface area contributed by atoms with Gasteiger partial charge in [-0.05, 0) is 20.3 Å². The molecule has 15 heavy (non-hydrogen) atoms. The number of ether oxygens (including phenoxy) is 1. The fourth-order valence-electron chi connectivity index (χ4n) is 2.13. The van der Waals surface area contributed by atoms with E-state index in [1.165, 1.54) is 0 Å². The molecule has 0 bridgehead atoms. The van der Waals surface area contributed by atoms with Gasteiger partial charge >= 0.3 is 0 Å². The summed E-state index contributed by atoms with van der Waals surface area (Å²) in [5, 5.41) is 2.63. The van der Waals surface area contributed by atoms with Gasteiger partial charge in [-0.2, -0.15) is 0 Å². The number of nitrogens with one attached hydrogen (secondary N) is 1. The third-order valence-corrected chi connectivity index (χ3v) is 3.17. The van der Waals surface area contributed by atoms with Gasteiger partial charge in [-0.15, -0.1) is 0 Å². The van der Waals surface area contributed by atoms with Gasteiger partial charge in [0.05, 0.1) is 12.1 Å². The second kappa shape index (κ2) is 3.48. The maximum Gasteiger partial charge on any atom is 0.245 e. The third kappa shape index (κ3) is 1.71. The summed E-state index contributed by atoms with van der Waals surface area (Å²) in [6.07, 6.45) is 0.804. The minimum Gasteiger partial charge on any atom is -0.379 e. The lowest BCUT2D eigenvalue weighted by Crippen LogP contribution is -2.63. The number of rotatable bonds is 1. The van der Waals surface area contributed by atoms with Gasteiger partial charge in [-0.25, -0.2) is 0 Å². The van der Waals surface area contributed by atoms with E-state index >= 15 is 0 Å². The third-order valence-electron chi connectivity index (χ3n) is 3.17. The molecule has 2 unspecified atom stereocenters. The largest absolute Gasteiger partial charge is 0.379 e. The van der Waals surface area contributed by atoms with Gasteiger partial charge in [-0.1, -0.05) is 0 Å². The van der Waals surface area contributed by atoms with Gasteiger partial charge < -0.3 is 15.0 Å². The number of carbonyl (C=O) groups is 2. The minimum absolute atomic E-state index is 0.0115. The molecule has 2 amide bonds. The van der Waals surface area contributed by atoms with Crippen LogP contribution in [-0.4, -0.2) is 48.1 Å². The zero-order valence-corrected chi connectivity index (χ0v) is 9.08. The van der Waals surface area contributed by atoms with Crippen molar-refractivity contribution < 1.29 is 14.3 Å². The average molecular weight is 212 g/mol. The Morgan fingerprint density at radius 3 is 2.87 bits per heavy atom. The summed E-state index contributed by atoms with van der Waals surface area (Å²) < 4.78 is 5.31. The molecule has 2 saturated heterocycles. The van der Waals surface area contributed by atoms with Gasteiger partial charge in [0, 0.05) is 6.61 Å². The van der Waals surface area contributed by atoms with E-state index in [0.29, 0.717) is 13.2 Å². The molecular formula is C10H16N2O3. The number of hydrogen-bond donors (Lipinski definition) is 1. The Morgan fingerprint density at radius 1 is 1.53 bits per heavy atom. The summed E-state index contributed by atoms with van der Waals surface area (Å²) in [7, 11) is 0. The topological polar surface area (TPSA) is 58.6 Å². The molecule has 2 rings (SSSR count). The van der Waals surface area contributed by atoms with Crippen LogP contribution in [0.5, 0.6) is 0 Å². The lowest BCUT2D eigenvalue weighted by Gasteiger charge is -2.41. The molecule has 2 fully saturated rings. The van der Waals surface area contributed by atoms with E-state index in [0.717, 1.165) is 6.42 Å². The molecule has 2 heterocycles. The zero-order valence-electron chi connectivity index (χ0n) is 9.08.